The Labute approximate surface area is 90.9 Å². The molecule has 0 aliphatic rings. The highest BCUT2D eigenvalue weighted by atomic mass is 15.1. The van der Waals surface area contributed by atoms with Crippen molar-refractivity contribution in [1.82, 2.24) is 14.9 Å². The summed E-state index contributed by atoms with van der Waals surface area (Å²) in [6, 6.07) is 0.349. The summed E-state index contributed by atoms with van der Waals surface area (Å²) in [4.78, 5) is 10.6. The summed E-state index contributed by atoms with van der Waals surface area (Å²) in [5.41, 5.74) is 0. The van der Waals surface area contributed by atoms with Crippen LogP contribution in [-0.2, 0) is 0 Å². The zero-order chi connectivity index (χ0) is 11.3. The lowest BCUT2D eigenvalue weighted by Crippen LogP contribution is -2.30. The highest BCUT2D eigenvalue weighted by molar-refractivity contribution is 5.41. The van der Waals surface area contributed by atoms with E-state index in [4.69, 9.17) is 0 Å². The minimum Gasteiger partial charge on any atom is -0.372 e. The summed E-state index contributed by atoms with van der Waals surface area (Å²) >= 11 is 0. The molecule has 0 radical (unpaired) electrons. The SMILES string of the molecule is CNc1cncc(NC(C)CN(C)C)n1. The van der Waals surface area contributed by atoms with E-state index in [1.165, 1.54) is 0 Å². The van der Waals surface area contributed by atoms with Crippen molar-refractivity contribution >= 4 is 11.6 Å². The van der Waals surface area contributed by atoms with E-state index in [0.29, 0.717) is 6.04 Å². The summed E-state index contributed by atoms with van der Waals surface area (Å²) in [5, 5.41) is 6.25. The largest absolute Gasteiger partial charge is 0.372 e. The van der Waals surface area contributed by atoms with E-state index in [1.54, 1.807) is 12.4 Å². The molecular formula is C10H19N5. The fraction of sp³-hybridized carbons (Fsp3) is 0.600. The van der Waals surface area contributed by atoms with Gasteiger partial charge in [0, 0.05) is 19.6 Å². The van der Waals surface area contributed by atoms with Crippen molar-refractivity contribution in [2.45, 2.75) is 13.0 Å². The van der Waals surface area contributed by atoms with Crippen LogP contribution in [0.3, 0.4) is 0 Å². The molecule has 1 atom stereocenters. The first-order chi connectivity index (χ1) is 7.11. The van der Waals surface area contributed by atoms with Crippen LogP contribution in [0.15, 0.2) is 12.4 Å². The summed E-state index contributed by atoms with van der Waals surface area (Å²) < 4.78 is 0. The summed E-state index contributed by atoms with van der Waals surface area (Å²) in [5.74, 6) is 1.58. The molecule has 0 aliphatic carbocycles. The molecule has 0 bridgehead atoms. The Bertz CT molecular complexity index is 300. The lowest BCUT2D eigenvalue weighted by molar-refractivity contribution is 0.392. The standard InChI is InChI=1S/C10H19N5/c1-8(7-15(3)4)13-10-6-12-5-9(11-2)14-10/h5-6,8H,7H2,1-4H3,(H2,11,13,14). The van der Waals surface area contributed by atoms with Gasteiger partial charge in [-0.2, -0.15) is 0 Å². The molecule has 84 valence electrons. The van der Waals surface area contributed by atoms with E-state index < -0.39 is 0 Å². The van der Waals surface area contributed by atoms with Crippen LogP contribution in [0.25, 0.3) is 0 Å². The third kappa shape index (κ3) is 4.12. The van der Waals surface area contributed by atoms with Crippen molar-refractivity contribution in [3.63, 3.8) is 0 Å². The molecular weight excluding hydrogens is 190 g/mol. The molecule has 0 aliphatic heterocycles. The number of hydrogen-bond donors (Lipinski definition) is 2. The first-order valence-corrected chi connectivity index (χ1v) is 5.03. The molecule has 0 aromatic carbocycles. The molecule has 1 unspecified atom stereocenters. The zero-order valence-electron chi connectivity index (χ0n) is 9.78. The molecule has 2 N–H and O–H groups in total. The summed E-state index contributed by atoms with van der Waals surface area (Å²) in [7, 11) is 5.93. The Balaban J connectivity index is 2.55. The molecule has 1 heterocycles. The first kappa shape index (κ1) is 11.7. The predicted molar refractivity (Wildman–Crippen MR) is 63.2 cm³/mol. The van der Waals surface area contributed by atoms with Gasteiger partial charge in [-0.1, -0.05) is 0 Å². The van der Waals surface area contributed by atoms with Gasteiger partial charge in [-0.25, -0.2) is 4.98 Å². The minimum atomic E-state index is 0.349. The van der Waals surface area contributed by atoms with Crippen LogP contribution in [-0.4, -0.2) is 48.6 Å². The van der Waals surface area contributed by atoms with Crippen molar-refractivity contribution in [3.8, 4) is 0 Å². The lowest BCUT2D eigenvalue weighted by atomic mass is 10.3. The van der Waals surface area contributed by atoms with Gasteiger partial charge in [0.15, 0.2) is 0 Å². The van der Waals surface area contributed by atoms with Crippen LogP contribution in [0.5, 0.6) is 0 Å². The molecule has 0 fully saturated rings. The smallest absolute Gasteiger partial charge is 0.147 e. The maximum Gasteiger partial charge on any atom is 0.147 e. The van der Waals surface area contributed by atoms with Gasteiger partial charge in [-0.3, -0.25) is 4.98 Å². The van der Waals surface area contributed by atoms with Crippen molar-refractivity contribution < 1.29 is 0 Å². The van der Waals surface area contributed by atoms with Gasteiger partial charge < -0.3 is 15.5 Å². The van der Waals surface area contributed by atoms with E-state index in [2.05, 4.69) is 32.4 Å². The molecule has 0 spiro atoms. The second-order valence-electron chi connectivity index (χ2n) is 3.85. The Morgan fingerprint density at radius 2 is 2.00 bits per heavy atom. The average molecular weight is 209 g/mol. The van der Waals surface area contributed by atoms with Gasteiger partial charge in [-0.05, 0) is 21.0 Å². The van der Waals surface area contributed by atoms with Crippen molar-refractivity contribution in [2.24, 2.45) is 0 Å². The summed E-state index contributed by atoms with van der Waals surface area (Å²) in [6.45, 7) is 3.08. The van der Waals surface area contributed by atoms with E-state index in [1.807, 2.05) is 21.1 Å². The maximum absolute atomic E-state index is 4.34. The Morgan fingerprint density at radius 1 is 1.33 bits per heavy atom. The molecule has 0 amide bonds. The number of hydrogen-bond acceptors (Lipinski definition) is 5. The highest BCUT2D eigenvalue weighted by Gasteiger charge is 2.04. The van der Waals surface area contributed by atoms with Crippen molar-refractivity contribution in [3.05, 3.63) is 12.4 Å². The van der Waals surface area contributed by atoms with Gasteiger partial charge in [0.2, 0.25) is 0 Å². The molecule has 0 saturated carbocycles. The van der Waals surface area contributed by atoms with Crippen LogP contribution >= 0.6 is 0 Å². The fourth-order valence-electron chi connectivity index (χ4n) is 1.40. The molecule has 5 heteroatoms. The fourth-order valence-corrected chi connectivity index (χ4v) is 1.40. The average Bonchev–Trinajstić information content (AvgIpc) is 2.16. The summed E-state index contributed by atoms with van der Waals surface area (Å²) in [6.07, 6.45) is 3.43. The molecule has 15 heavy (non-hydrogen) atoms. The van der Waals surface area contributed by atoms with Gasteiger partial charge in [0.25, 0.3) is 0 Å². The zero-order valence-corrected chi connectivity index (χ0v) is 9.78. The van der Waals surface area contributed by atoms with E-state index in [0.717, 1.165) is 18.2 Å². The monoisotopic (exact) mass is 209 g/mol. The second kappa shape index (κ2) is 5.50. The topological polar surface area (TPSA) is 53.1 Å². The van der Waals surface area contributed by atoms with Gasteiger partial charge in [-0.15, -0.1) is 0 Å². The third-order valence-corrected chi connectivity index (χ3v) is 1.92. The van der Waals surface area contributed by atoms with E-state index in [9.17, 15) is 0 Å². The molecule has 1 rings (SSSR count). The number of likely N-dealkylation sites (N-methyl/N-ethyl adjacent to an activating group) is 1. The van der Waals surface area contributed by atoms with Gasteiger partial charge in [0.1, 0.15) is 11.6 Å². The molecule has 1 aromatic heterocycles. The maximum atomic E-state index is 4.34. The van der Waals surface area contributed by atoms with Crippen LogP contribution in [0.1, 0.15) is 6.92 Å². The van der Waals surface area contributed by atoms with Crippen LogP contribution in [0.4, 0.5) is 11.6 Å². The number of nitrogens with zero attached hydrogens (tertiary/aromatic N) is 3. The van der Waals surface area contributed by atoms with Gasteiger partial charge in [0.05, 0.1) is 12.4 Å². The number of rotatable bonds is 5. The van der Waals surface area contributed by atoms with Crippen LogP contribution < -0.4 is 10.6 Å². The Morgan fingerprint density at radius 3 is 2.60 bits per heavy atom. The minimum absolute atomic E-state index is 0.349. The predicted octanol–water partition coefficient (Wildman–Crippen LogP) is 0.880. The first-order valence-electron chi connectivity index (χ1n) is 5.03. The molecule has 5 nitrogen and oxygen atoms in total. The Hall–Kier alpha value is -1.36. The molecule has 0 saturated heterocycles. The van der Waals surface area contributed by atoms with Crippen LogP contribution in [0.2, 0.25) is 0 Å². The normalized spacial score (nSPS) is 12.6. The van der Waals surface area contributed by atoms with Crippen LogP contribution in [0, 0.1) is 0 Å². The number of aromatic nitrogens is 2. The highest BCUT2D eigenvalue weighted by Crippen LogP contribution is 2.07. The molecule has 1 aromatic rings. The quantitative estimate of drug-likeness (QED) is 0.754. The van der Waals surface area contributed by atoms with E-state index >= 15 is 0 Å². The lowest BCUT2D eigenvalue weighted by Gasteiger charge is -2.18. The Kier molecular flexibility index (Phi) is 4.30. The number of anilines is 2. The van der Waals surface area contributed by atoms with Gasteiger partial charge >= 0.3 is 0 Å². The van der Waals surface area contributed by atoms with Crippen molar-refractivity contribution in [1.29, 1.82) is 0 Å². The third-order valence-electron chi connectivity index (χ3n) is 1.92. The second-order valence-corrected chi connectivity index (χ2v) is 3.85. The number of nitrogens with one attached hydrogen (secondary N) is 2. The van der Waals surface area contributed by atoms with Crippen molar-refractivity contribution in [2.75, 3.05) is 38.3 Å². The van der Waals surface area contributed by atoms with E-state index in [-0.39, 0.29) is 0 Å².